The molecule has 67 heavy (non-hydrogen) atoms. The normalized spacial score (nSPS) is 13.1. The molecule has 1 atom stereocenters. The number of hydrogen-bond acceptors (Lipinski definition) is 6. The Kier molecular flexibility index (Phi) is 51.0. The Morgan fingerprint density at radius 3 is 0.925 bits per heavy atom. The molecule has 0 saturated carbocycles. The van der Waals surface area contributed by atoms with Crippen molar-refractivity contribution >= 4 is 17.9 Å². The highest BCUT2D eigenvalue weighted by molar-refractivity contribution is 5.71. The van der Waals surface area contributed by atoms with E-state index in [4.69, 9.17) is 14.2 Å². The van der Waals surface area contributed by atoms with Crippen molar-refractivity contribution in [2.45, 2.75) is 232 Å². The van der Waals surface area contributed by atoms with Crippen LogP contribution < -0.4 is 0 Å². The predicted molar refractivity (Wildman–Crippen MR) is 288 cm³/mol. The maximum absolute atomic E-state index is 12.8. The fourth-order valence-corrected chi connectivity index (χ4v) is 6.92. The average molecular weight is 927 g/mol. The molecule has 6 heteroatoms. The van der Waals surface area contributed by atoms with Gasteiger partial charge < -0.3 is 14.2 Å². The van der Waals surface area contributed by atoms with Gasteiger partial charge in [-0.05, 0) is 128 Å². The summed E-state index contributed by atoms with van der Waals surface area (Å²) in [5.74, 6) is -0.985. The van der Waals surface area contributed by atoms with Gasteiger partial charge in [-0.25, -0.2) is 0 Å². The summed E-state index contributed by atoms with van der Waals surface area (Å²) in [5.41, 5.74) is 0. The zero-order chi connectivity index (χ0) is 48.6. The molecule has 0 aliphatic heterocycles. The van der Waals surface area contributed by atoms with Crippen LogP contribution in [0.4, 0.5) is 0 Å². The van der Waals surface area contributed by atoms with E-state index in [9.17, 15) is 14.4 Å². The molecule has 0 heterocycles. The largest absolute Gasteiger partial charge is 0.462 e. The molecule has 0 amide bonds. The first-order valence-electron chi connectivity index (χ1n) is 27.0. The second-order valence-corrected chi connectivity index (χ2v) is 17.4. The highest BCUT2D eigenvalue weighted by Gasteiger charge is 2.19. The third-order valence-electron chi connectivity index (χ3n) is 10.9. The minimum absolute atomic E-state index is 0.109. The number of unbranched alkanes of at least 4 members (excludes halogenated alkanes) is 16. The molecule has 0 radical (unpaired) electrons. The number of hydrogen-bond donors (Lipinski definition) is 0. The van der Waals surface area contributed by atoms with Crippen LogP contribution in [0.15, 0.2) is 122 Å². The highest BCUT2D eigenvalue weighted by atomic mass is 16.6. The molecule has 0 aromatic rings. The summed E-state index contributed by atoms with van der Waals surface area (Å²) in [6.45, 7) is 6.31. The molecule has 6 nitrogen and oxygen atoms in total. The fraction of sp³-hybridized carbons (Fsp3) is 0.623. The predicted octanol–water partition coefficient (Wildman–Crippen LogP) is 18.1. The summed E-state index contributed by atoms with van der Waals surface area (Å²) < 4.78 is 16.8. The lowest BCUT2D eigenvalue weighted by atomic mass is 10.1. The van der Waals surface area contributed by atoms with E-state index >= 15 is 0 Å². The van der Waals surface area contributed by atoms with Gasteiger partial charge in [-0.3, -0.25) is 14.4 Å². The quantitative estimate of drug-likeness (QED) is 0.0262. The molecule has 0 fully saturated rings. The van der Waals surface area contributed by atoms with Crippen molar-refractivity contribution in [3.05, 3.63) is 122 Å². The topological polar surface area (TPSA) is 78.9 Å². The molecule has 0 rings (SSSR count). The Hall–Kier alpha value is -4.19. The van der Waals surface area contributed by atoms with E-state index in [2.05, 4.69) is 142 Å². The highest BCUT2D eigenvalue weighted by Crippen LogP contribution is 2.13. The molecule has 0 aromatic carbocycles. The van der Waals surface area contributed by atoms with Gasteiger partial charge in [-0.1, -0.05) is 200 Å². The van der Waals surface area contributed by atoms with E-state index in [-0.39, 0.29) is 37.5 Å². The van der Waals surface area contributed by atoms with E-state index in [0.717, 1.165) is 128 Å². The molecule has 0 saturated heterocycles. The van der Waals surface area contributed by atoms with Crippen molar-refractivity contribution in [2.24, 2.45) is 0 Å². The molecular weight excluding hydrogens is 829 g/mol. The van der Waals surface area contributed by atoms with E-state index < -0.39 is 6.10 Å². The smallest absolute Gasteiger partial charge is 0.306 e. The van der Waals surface area contributed by atoms with Crippen LogP contribution in [0.25, 0.3) is 0 Å². The zero-order valence-electron chi connectivity index (χ0n) is 43.1. The standard InChI is InChI=1S/C61H98O6/c1-4-7-10-13-16-19-22-25-28-31-34-36-39-42-45-48-51-54-60(63)66-57-58(67-61(64)55-52-49-46-43-40-37-33-30-27-24-21-18-15-12-9-6-3)56-65-59(62)53-50-47-44-41-38-35-32-29-26-23-20-17-14-11-8-5-2/h8-9,11-12,16-21,25-30,35,37-38,40,58H,4-7,10,13-15,22-24,31-34,36,39,41-57H2,1-3H3/b11-8-,12-9-,19-16-,20-17-,21-18-,28-25-,29-26-,30-27-,38-35-,40-37-. The summed E-state index contributed by atoms with van der Waals surface area (Å²) in [4.78, 5) is 38.1. The van der Waals surface area contributed by atoms with Crippen LogP contribution in [-0.4, -0.2) is 37.2 Å². The first-order valence-corrected chi connectivity index (χ1v) is 27.0. The Morgan fingerprint density at radius 1 is 0.313 bits per heavy atom. The van der Waals surface area contributed by atoms with Crippen LogP contribution in [0, 0.1) is 0 Å². The Bertz CT molecular complexity index is 1440. The van der Waals surface area contributed by atoms with E-state index in [1.807, 2.05) is 0 Å². The molecular formula is C61H98O6. The lowest BCUT2D eigenvalue weighted by molar-refractivity contribution is -0.167. The van der Waals surface area contributed by atoms with Crippen molar-refractivity contribution < 1.29 is 28.6 Å². The van der Waals surface area contributed by atoms with Gasteiger partial charge in [0, 0.05) is 19.3 Å². The zero-order valence-corrected chi connectivity index (χ0v) is 43.1. The van der Waals surface area contributed by atoms with E-state index in [1.54, 1.807) is 0 Å². The maximum Gasteiger partial charge on any atom is 0.306 e. The Balaban J connectivity index is 4.53. The van der Waals surface area contributed by atoms with Crippen LogP contribution in [0.2, 0.25) is 0 Å². The number of allylic oxidation sites excluding steroid dienone is 20. The molecule has 0 aliphatic rings. The van der Waals surface area contributed by atoms with Crippen LogP contribution >= 0.6 is 0 Å². The number of carbonyl (C=O) groups is 3. The maximum atomic E-state index is 12.8. The first-order chi connectivity index (χ1) is 33.0. The number of carbonyl (C=O) groups excluding carboxylic acids is 3. The molecule has 0 aliphatic carbocycles. The first kappa shape index (κ1) is 62.8. The van der Waals surface area contributed by atoms with E-state index in [1.165, 1.54) is 51.4 Å². The summed E-state index contributed by atoms with van der Waals surface area (Å²) in [7, 11) is 0. The molecule has 1 unspecified atom stereocenters. The summed E-state index contributed by atoms with van der Waals surface area (Å²) in [5, 5.41) is 0. The third kappa shape index (κ3) is 52.6. The summed E-state index contributed by atoms with van der Waals surface area (Å²) >= 11 is 0. The van der Waals surface area contributed by atoms with Crippen molar-refractivity contribution in [3.63, 3.8) is 0 Å². The number of esters is 3. The number of rotatable bonds is 47. The number of ether oxygens (including phenoxy) is 3. The van der Waals surface area contributed by atoms with Crippen molar-refractivity contribution in [3.8, 4) is 0 Å². The molecule has 0 bridgehead atoms. The second kappa shape index (κ2) is 54.4. The SMILES string of the molecule is CC/C=C\C/C=C\C/C=C\C/C=C\CCCCCC(=O)OCC(COC(=O)CCCCCCCCC/C=C\C/C=C\CCCCC)OC(=O)CCCCC/C=C\C/C=C\C/C=C\C/C=C\CC. The molecule has 0 aromatic heterocycles. The van der Waals surface area contributed by atoms with Gasteiger partial charge in [0.2, 0.25) is 0 Å². The van der Waals surface area contributed by atoms with Gasteiger partial charge in [0.25, 0.3) is 0 Å². The summed E-state index contributed by atoms with van der Waals surface area (Å²) in [6, 6.07) is 0. The fourth-order valence-electron chi connectivity index (χ4n) is 6.92. The van der Waals surface area contributed by atoms with Crippen molar-refractivity contribution in [1.29, 1.82) is 0 Å². The third-order valence-corrected chi connectivity index (χ3v) is 10.9. The second-order valence-electron chi connectivity index (χ2n) is 17.4. The van der Waals surface area contributed by atoms with Crippen LogP contribution in [0.1, 0.15) is 226 Å². The lowest BCUT2D eigenvalue weighted by Crippen LogP contribution is -2.30. The minimum Gasteiger partial charge on any atom is -0.462 e. The van der Waals surface area contributed by atoms with Gasteiger partial charge in [0.15, 0.2) is 6.10 Å². The molecule has 378 valence electrons. The minimum atomic E-state index is -0.815. The monoisotopic (exact) mass is 927 g/mol. The van der Waals surface area contributed by atoms with Gasteiger partial charge >= 0.3 is 17.9 Å². The summed E-state index contributed by atoms with van der Waals surface area (Å²) in [6.07, 6.45) is 74.6. The lowest BCUT2D eigenvalue weighted by Gasteiger charge is -2.18. The molecule has 0 spiro atoms. The van der Waals surface area contributed by atoms with Crippen LogP contribution in [0.3, 0.4) is 0 Å². The Morgan fingerprint density at radius 2 is 0.582 bits per heavy atom. The van der Waals surface area contributed by atoms with E-state index in [0.29, 0.717) is 19.3 Å². The van der Waals surface area contributed by atoms with Gasteiger partial charge in [0.05, 0.1) is 0 Å². The van der Waals surface area contributed by atoms with Crippen molar-refractivity contribution in [2.75, 3.05) is 13.2 Å². The van der Waals surface area contributed by atoms with Crippen LogP contribution in [0.5, 0.6) is 0 Å². The van der Waals surface area contributed by atoms with Gasteiger partial charge in [-0.2, -0.15) is 0 Å². The van der Waals surface area contributed by atoms with Gasteiger partial charge in [0.1, 0.15) is 13.2 Å². The van der Waals surface area contributed by atoms with Crippen LogP contribution in [-0.2, 0) is 28.6 Å². The van der Waals surface area contributed by atoms with Crippen molar-refractivity contribution in [1.82, 2.24) is 0 Å². The molecule has 0 N–H and O–H groups in total. The Labute approximate surface area is 412 Å². The average Bonchev–Trinajstić information content (AvgIpc) is 3.33. The van der Waals surface area contributed by atoms with Gasteiger partial charge in [-0.15, -0.1) is 0 Å².